The summed E-state index contributed by atoms with van der Waals surface area (Å²) in [5, 5.41) is 12.9. The highest BCUT2D eigenvalue weighted by molar-refractivity contribution is 5.66. The first-order valence-corrected chi connectivity index (χ1v) is 6.14. The summed E-state index contributed by atoms with van der Waals surface area (Å²) < 4.78 is 18.8. The molecule has 1 aromatic carbocycles. The van der Waals surface area contributed by atoms with Gasteiger partial charge in [-0.15, -0.1) is 0 Å². The second-order valence-electron chi connectivity index (χ2n) is 4.39. The third-order valence-electron chi connectivity index (χ3n) is 3.06. The number of hydrogen-bond acceptors (Lipinski definition) is 5. The number of aromatic nitrogens is 3. The summed E-state index contributed by atoms with van der Waals surface area (Å²) in [6.45, 7) is 1.90. The van der Waals surface area contributed by atoms with Gasteiger partial charge in [-0.2, -0.15) is 10.2 Å². The Morgan fingerprint density at radius 3 is 2.86 bits per heavy atom. The van der Waals surface area contributed by atoms with Gasteiger partial charge in [-0.3, -0.25) is 4.98 Å². The summed E-state index contributed by atoms with van der Waals surface area (Å²) in [5.74, 6) is -0.166. The molecule has 0 radical (unpaired) electrons. The molecule has 6 heteroatoms. The molecule has 0 spiro atoms. The van der Waals surface area contributed by atoms with Gasteiger partial charge in [0.2, 0.25) is 5.82 Å². The van der Waals surface area contributed by atoms with Gasteiger partial charge in [-0.05, 0) is 30.7 Å². The van der Waals surface area contributed by atoms with Crippen LogP contribution in [0.25, 0.3) is 22.8 Å². The van der Waals surface area contributed by atoms with Crippen molar-refractivity contribution in [2.24, 2.45) is 0 Å². The quantitative estimate of drug-likeness (QED) is 0.720. The van der Waals surface area contributed by atoms with Crippen LogP contribution in [-0.2, 0) is 0 Å². The van der Waals surface area contributed by atoms with E-state index in [0.29, 0.717) is 5.82 Å². The van der Waals surface area contributed by atoms with Gasteiger partial charge < -0.3 is 4.52 Å². The Morgan fingerprint density at radius 2 is 2.10 bits per heavy atom. The molecule has 0 N–H and O–H groups in total. The molecule has 102 valence electrons. The van der Waals surface area contributed by atoms with Crippen molar-refractivity contribution in [2.75, 3.05) is 0 Å². The summed E-state index contributed by atoms with van der Waals surface area (Å²) in [4.78, 5) is 8.24. The fraction of sp³-hybridized carbons (Fsp3) is 0.0667. The van der Waals surface area contributed by atoms with Crippen LogP contribution in [0.3, 0.4) is 0 Å². The summed E-state index contributed by atoms with van der Waals surface area (Å²) in [6, 6.07) is 7.90. The smallest absolute Gasteiger partial charge is 0.259 e. The normalized spacial score (nSPS) is 10.3. The molecular weight excluding hydrogens is 271 g/mol. The van der Waals surface area contributed by atoms with E-state index in [1.165, 1.54) is 12.1 Å². The Hall–Kier alpha value is -3.07. The van der Waals surface area contributed by atoms with Crippen molar-refractivity contribution in [1.82, 2.24) is 15.1 Å². The molecule has 21 heavy (non-hydrogen) atoms. The maximum atomic E-state index is 13.6. The van der Waals surface area contributed by atoms with Crippen molar-refractivity contribution in [3.8, 4) is 28.9 Å². The van der Waals surface area contributed by atoms with Gasteiger partial charge in [0.05, 0.1) is 5.56 Å². The first-order valence-electron chi connectivity index (χ1n) is 6.14. The van der Waals surface area contributed by atoms with E-state index in [4.69, 9.17) is 9.78 Å². The summed E-state index contributed by atoms with van der Waals surface area (Å²) in [7, 11) is 0. The van der Waals surface area contributed by atoms with Crippen molar-refractivity contribution < 1.29 is 8.91 Å². The average Bonchev–Trinajstić information content (AvgIpc) is 2.97. The molecule has 2 aromatic heterocycles. The van der Waals surface area contributed by atoms with Crippen LogP contribution in [0.5, 0.6) is 0 Å². The number of halogens is 1. The molecule has 0 amide bonds. The van der Waals surface area contributed by atoms with Gasteiger partial charge in [0.25, 0.3) is 5.89 Å². The van der Waals surface area contributed by atoms with Crippen molar-refractivity contribution in [3.05, 3.63) is 53.6 Å². The molecule has 3 rings (SSSR count). The molecule has 0 unspecified atom stereocenters. The van der Waals surface area contributed by atoms with Crippen LogP contribution in [0, 0.1) is 24.1 Å². The van der Waals surface area contributed by atoms with Gasteiger partial charge in [0.15, 0.2) is 0 Å². The Balaban J connectivity index is 2.10. The molecule has 0 aliphatic heterocycles. The van der Waals surface area contributed by atoms with E-state index < -0.39 is 5.82 Å². The van der Waals surface area contributed by atoms with Gasteiger partial charge >= 0.3 is 0 Å². The van der Waals surface area contributed by atoms with Crippen molar-refractivity contribution in [1.29, 1.82) is 5.26 Å². The second-order valence-corrected chi connectivity index (χ2v) is 4.39. The number of aryl methyl sites for hydroxylation is 1. The zero-order chi connectivity index (χ0) is 14.8. The highest BCUT2D eigenvalue weighted by Gasteiger charge is 2.17. The number of pyridine rings is 1. The fourth-order valence-corrected chi connectivity index (χ4v) is 1.96. The van der Waals surface area contributed by atoms with E-state index in [2.05, 4.69) is 15.1 Å². The first-order chi connectivity index (χ1) is 10.2. The Kier molecular flexibility index (Phi) is 3.16. The summed E-state index contributed by atoms with van der Waals surface area (Å²) in [5.41, 5.74) is 1.83. The largest absolute Gasteiger partial charge is 0.334 e. The van der Waals surface area contributed by atoms with Crippen LogP contribution < -0.4 is 0 Å². The molecule has 2 heterocycles. The highest BCUT2D eigenvalue weighted by atomic mass is 19.1. The van der Waals surface area contributed by atoms with E-state index in [0.717, 1.165) is 11.1 Å². The van der Waals surface area contributed by atoms with Crippen LogP contribution in [0.2, 0.25) is 0 Å². The minimum atomic E-state index is -0.618. The average molecular weight is 280 g/mol. The summed E-state index contributed by atoms with van der Waals surface area (Å²) in [6.07, 6.45) is 3.29. The van der Waals surface area contributed by atoms with E-state index in [1.807, 2.05) is 19.1 Å². The van der Waals surface area contributed by atoms with Crippen molar-refractivity contribution >= 4 is 0 Å². The van der Waals surface area contributed by atoms with Gasteiger partial charge in [0, 0.05) is 18.0 Å². The molecule has 0 atom stereocenters. The van der Waals surface area contributed by atoms with Crippen LogP contribution in [-0.4, -0.2) is 15.1 Å². The molecule has 0 fully saturated rings. The maximum absolute atomic E-state index is 13.6. The predicted molar refractivity (Wildman–Crippen MR) is 72.4 cm³/mol. The minimum Gasteiger partial charge on any atom is -0.334 e. The standard InChI is InChI=1S/C15H9FN4O/c1-9-5-6-18-8-12(9)14-19-15(21-20-14)10-3-2-4-13(16)11(10)7-17/h2-6,8H,1H3. The lowest BCUT2D eigenvalue weighted by Crippen LogP contribution is -1.90. The Morgan fingerprint density at radius 1 is 1.24 bits per heavy atom. The van der Waals surface area contributed by atoms with Crippen molar-refractivity contribution in [2.45, 2.75) is 6.92 Å². The van der Waals surface area contributed by atoms with Gasteiger partial charge in [-0.1, -0.05) is 11.2 Å². The molecule has 3 aromatic rings. The second kappa shape index (κ2) is 5.13. The molecular formula is C15H9FN4O. The van der Waals surface area contributed by atoms with E-state index in [-0.39, 0.29) is 17.0 Å². The lowest BCUT2D eigenvalue weighted by atomic mass is 10.1. The van der Waals surface area contributed by atoms with Gasteiger partial charge in [-0.25, -0.2) is 4.39 Å². The van der Waals surface area contributed by atoms with Gasteiger partial charge in [0.1, 0.15) is 17.4 Å². The predicted octanol–water partition coefficient (Wildman–Crippen LogP) is 3.12. The van der Waals surface area contributed by atoms with Crippen LogP contribution in [0.1, 0.15) is 11.1 Å². The number of rotatable bonds is 2. The Bertz CT molecular complexity index is 851. The van der Waals surface area contributed by atoms with Crippen molar-refractivity contribution in [3.63, 3.8) is 0 Å². The third kappa shape index (κ3) is 2.25. The zero-order valence-electron chi connectivity index (χ0n) is 11.0. The monoisotopic (exact) mass is 280 g/mol. The van der Waals surface area contributed by atoms with Crippen LogP contribution >= 0.6 is 0 Å². The van der Waals surface area contributed by atoms with E-state index >= 15 is 0 Å². The number of nitrogens with zero attached hydrogens (tertiary/aromatic N) is 4. The van der Waals surface area contributed by atoms with E-state index in [9.17, 15) is 4.39 Å². The van der Waals surface area contributed by atoms with Crippen LogP contribution in [0.15, 0.2) is 41.2 Å². The molecule has 0 bridgehead atoms. The molecule has 0 saturated heterocycles. The number of benzene rings is 1. The molecule has 0 saturated carbocycles. The lowest BCUT2D eigenvalue weighted by molar-refractivity contribution is 0.432. The molecule has 5 nitrogen and oxygen atoms in total. The zero-order valence-corrected chi connectivity index (χ0v) is 11.0. The SMILES string of the molecule is Cc1ccncc1-c1noc(-c2cccc(F)c2C#N)n1. The third-order valence-corrected chi connectivity index (χ3v) is 3.06. The fourth-order valence-electron chi connectivity index (χ4n) is 1.96. The lowest BCUT2D eigenvalue weighted by Gasteiger charge is -1.99. The van der Waals surface area contributed by atoms with Crippen LogP contribution in [0.4, 0.5) is 4.39 Å². The van der Waals surface area contributed by atoms with E-state index in [1.54, 1.807) is 18.5 Å². The molecule has 0 aliphatic rings. The highest BCUT2D eigenvalue weighted by Crippen LogP contribution is 2.27. The number of nitriles is 1. The maximum Gasteiger partial charge on any atom is 0.259 e. The topological polar surface area (TPSA) is 75.6 Å². The number of hydrogen-bond donors (Lipinski definition) is 0. The minimum absolute atomic E-state index is 0.101. The molecule has 0 aliphatic carbocycles. The Labute approximate surface area is 119 Å². The first kappa shape index (κ1) is 12.9. The summed E-state index contributed by atoms with van der Waals surface area (Å²) >= 11 is 0.